The van der Waals surface area contributed by atoms with E-state index in [4.69, 9.17) is 4.74 Å². The first-order valence-electron chi connectivity index (χ1n) is 5.14. The van der Waals surface area contributed by atoms with Crippen LogP contribution in [0.15, 0.2) is 42.5 Å². The summed E-state index contributed by atoms with van der Waals surface area (Å²) in [5.41, 5.74) is 3.16. The van der Waals surface area contributed by atoms with Crippen molar-refractivity contribution in [3.8, 4) is 5.75 Å². The minimum absolute atomic E-state index is 0.398. The maximum atomic E-state index is 10.3. The third kappa shape index (κ3) is 1.69. The molecule has 82 valence electrons. The number of hydrogen-bond acceptors (Lipinski definition) is 4. The summed E-state index contributed by atoms with van der Waals surface area (Å²) >= 11 is 0. The molecule has 2 aromatic carbocycles. The quantitative estimate of drug-likeness (QED) is 0.495. The molecule has 0 radical (unpaired) electrons. The lowest BCUT2D eigenvalue weighted by molar-refractivity contribution is -0.120. The van der Waals surface area contributed by atoms with Crippen LogP contribution in [-0.2, 0) is 4.79 Å². The van der Waals surface area contributed by atoms with Crippen molar-refractivity contribution in [3.63, 3.8) is 0 Å². The van der Waals surface area contributed by atoms with Crippen LogP contribution in [0.1, 0.15) is 0 Å². The van der Waals surface area contributed by atoms with Crippen LogP contribution in [0.4, 0.5) is 0 Å². The summed E-state index contributed by atoms with van der Waals surface area (Å²) in [6.45, 7) is 0.398. The van der Waals surface area contributed by atoms with Gasteiger partial charge in [0.05, 0.1) is 22.1 Å². The van der Waals surface area contributed by atoms with Crippen LogP contribution in [0.3, 0.4) is 0 Å². The van der Waals surface area contributed by atoms with E-state index in [1.54, 1.807) is 18.2 Å². The van der Waals surface area contributed by atoms with Crippen molar-refractivity contribution in [1.82, 2.24) is 9.97 Å². The molecule has 3 rings (SSSR count). The van der Waals surface area contributed by atoms with Gasteiger partial charge in [0.15, 0.2) is 0 Å². The van der Waals surface area contributed by atoms with Crippen molar-refractivity contribution >= 4 is 28.5 Å². The van der Waals surface area contributed by atoms with E-state index < -0.39 is 0 Å². The van der Waals surface area contributed by atoms with Crippen LogP contribution < -0.4 is 4.74 Å². The molecule has 4 nitrogen and oxygen atoms in total. The lowest BCUT2D eigenvalue weighted by Crippen LogP contribution is -1.91. The van der Waals surface area contributed by atoms with Crippen LogP contribution in [0, 0.1) is 0 Å². The largest absolute Gasteiger partial charge is 0.429 e. The highest BCUT2D eigenvalue weighted by Crippen LogP contribution is 2.20. The summed E-state index contributed by atoms with van der Waals surface area (Å²) in [6.07, 6.45) is 0. The Morgan fingerprint density at radius 2 is 1.53 bits per heavy atom. The number of hydrogen-bond donors (Lipinski definition) is 0. The zero-order valence-corrected chi connectivity index (χ0v) is 8.83. The van der Waals surface area contributed by atoms with E-state index in [9.17, 15) is 4.79 Å². The molecular formula is C13H8N2O2. The number of carbonyl (C=O) groups excluding carboxylic acids is 1. The Bertz CT molecular complexity index is 710. The first kappa shape index (κ1) is 9.72. The summed E-state index contributed by atoms with van der Waals surface area (Å²) < 4.78 is 4.78. The SMILES string of the molecule is O=COc1ccc2nc3ccccc3nc2c1. The van der Waals surface area contributed by atoms with E-state index in [2.05, 4.69) is 9.97 Å². The number of nitrogens with zero attached hydrogens (tertiary/aromatic N) is 2. The molecule has 17 heavy (non-hydrogen) atoms. The topological polar surface area (TPSA) is 52.1 Å². The van der Waals surface area contributed by atoms with Gasteiger partial charge in [-0.2, -0.15) is 0 Å². The predicted molar refractivity (Wildman–Crippen MR) is 63.7 cm³/mol. The minimum atomic E-state index is 0.398. The Hall–Kier alpha value is -2.49. The molecule has 1 heterocycles. The van der Waals surface area contributed by atoms with Gasteiger partial charge in [-0.1, -0.05) is 12.1 Å². The molecule has 0 unspecified atom stereocenters. The van der Waals surface area contributed by atoms with Crippen LogP contribution in [0.25, 0.3) is 22.1 Å². The van der Waals surface area contributed by atoms with Gasteiger partial charge < -0.3 is 4.74 Å². The highest BCUT2D eigenvalue weighted by atomic mass is 16.5. The van der Waals surface area contributed by atoms with E-state index in [0.717, 1.165) is 16.6 Å². The van der Waals surface area contributed by atoms with Gasteiger partial charge in [-0.25, -0.2) is 9.97 Å². The molecule has 3 aromatic rings. The fourth-order valence-corrected chi connectivity index (χ4v) is 1.73. The second-order valence-corrected chi connectivity index (χ2v) is 3.58. The molecule has 0 aliphatic rings. The third-order valence-corrected chi connectivity index (χ3v) is 2.49. The van der Waals surface area contributed by atoms with E-state index >= 15 is 0 Å². The van der Waals surface area contributed by atoms with Crippen molar-refractivity contribution in [3.05, 3.63) is 42.5 Å². The van der Waals surface area contributed by atoms with E-state index in [1.165, 1.54) is 0 Å². The number of para-hydroxylation sites is 2. The lowest BCUT2D eigenvalue weighted by atomic mass is 10.2. The van der Waals surface area contributed by atoms with Gasteiger partial charge in [0.1, 0.15) is 5.75 Å². The minimum Gasteiger partial charge on any atom is -0.429 e. The van der Waals surface area contributed by atoms with Gasteiger partial charge in [0, 0.05) is 6.07 Å². The van der Waals surface area contributed by atoms with Crippen LogP contribution >= 0.6 is 0 Å². The summed E-state index contributed by atoms with van der Waals surface area (Å²) in [7, 11) is 0. The second kappa shape index (κ2) is 3.83. The number of fused-ring (bicyclic) bond motifs is 2. The number of rotatable bonds is 2. The number of benzene rings is 2. The molecule has 0 saturated carbocycles. The Morgan fingerprint density at radius 1 is 0.882 bits per heavy atom. The van der Waals surface area contributed by atoms with Crippen molar-refractivity contribution in [2.24, 2.45) is 0 Å². The van der Waals surface area contributed by atoms with Gasteiger partial charge in [-0.05, 0) is 24.3 Å². The molecule has 4 heteroatoms. The Morgan fingerprint density at radius 3 is 2.24 bits per heavy atom. The smallest absolute Gasteiger partial charge is 0.298 e. The summed E-state index contributed by atoms with van der Waals surface area (Å²) in [4.78, 5) is 19.2. The molecule has 0 aliphatic carbocycles. The monoisotopic (exact) mass is 224 g/mol. The van der Waals surface area contributed by atoms with Gasteiger partial charge in [-0.3, -0.25) is 4.79 Å². The van der Waals surface area contributed by atoms with Gasteiger partial charge in [0.25, 0.3) is 6.47 Å². The predicted octanol–water partition coefficient (Wildman–Crippen LogP) is 2.32. The third-order valence-electron chi connectivity index (χ3n) is 2.49. The van der Waals surface area contributed by atoms with E-state index in [-0.39, 0.29) is 0 Å². The molecule has 0 spiro atoms. The van der Waals surface area contributed by atoms with Crippen LogP contribution in [0.2, 0.25) is 0 Å². The molecule has 0 bridgehead atoms. The van der Waals surface area contributed by atoms with Gasteiger partial charge in [0.2, 0.25) is 0 Å². The molecule has 0 fully saturated rings. The highest BCUT2D eigenvalue weighted by Gasteiger charge is 2.02. The maximum absolute atomic E-state index is 10.3. The fourth-order valence-electron chi connectivity index (χ4n) is 1.73. The van der Waals surface area contributed by atoms with Crippen molar-refractivity contribution in [2.75, 3.05) is 0 Å². The second-order valence-electron chi connectivity index (χ2n) is 3.58. The maximum Gasteiger partial charge on any atom is 0.298 e. The first-order valence-corrected chi connectivity index (χ1v) is 5.14. The van der Waals surface area contributed by atoms with Crippen molar-refractivity contribution < 1.29 is 9.53 Å². The normalized spacial score (nSPS) is 10.6. The summed E-state index contributed by atoms with van der Waals surface area (Å²) in [6, 6.07) is 12.8. The summed E-state index contributed by atoms with van der Waals surface area (Å²) in [5, 5.41) is 0. The van der Waals surface area contributed by atoms with Gasteiger partial charge in [-0.15, -0.1) is 0 Å². The Kier molecular flexibility index (Phi) is 2.19. The van der Waals surface area contributed by atoms with Crippen molar-refractivity contribution in [1.29, 1.82) is 0 Å². The molecule has 1 aromatic heterocycles. The fraction of sp³-hybridized carbons (Fsp3) is 0. The highest BCUT2D eigenvalue weighted by molar-refractivity contribution is 5.86. The molecule has 0 N–H and O–H groups in total. The standard InChI is InChI=1S/C13H8N2O2/c16-8-17-9-5-6-12-13(7-9)15-11-4-2-1-3-10(11)14-12/h1-8H. The lowest BCUT2D eigenvalue weighted by Gasteiger charge is -2.02. The number of aromatic nitrogens is 2. The Balaban J connectivity index is 2.28. The summed E-state index contributed by atoms with van der Waals surface area (Å²) in [5.74, 6) is 0.470. The van der Waals surface area contributed by atoms with Crippen molar-refractivity contribution in [2.45, 2.75) is 0 Å². The average molecular weight is 224 g/mol. The molecule has 0 aliphatic heterocycles. The molecule has 0 atom stereocenters. The van der Waals surface area contributed by atoms with Crippen LogP contribution in [-0.4, -0.2) is 16.4 Å². The molecular weight excluding hydrogens is 216 g/mol. The first-order chi connectivity index (χ1) is 8.36. The van der Waals surface area contributed by atoms with Crippen LogP contribution in [0.5, 0.6) is 5.75 Å². The number of carbonyl (C=O) groups is 1. The Labute approximate surface area is 96.9 Å². The number of ether oxygens (including phenoxy) is 1. The van der Waals surface area contributed by atoms with E-state index in [0.29, 0.717) is 17.7 Å². The molecule has 0 saturated heterocycles. The zero-order chi connectivity index (χ0) is 11.7. The average Bonchev–Trinajstić information content (AvgIpc) is 2.36. The molecule has 0 amide bonds. The van der Waals surface area contributed by atoms with Gasteiger partial charge >= 0.3 is 0 Å². The van der Waals surface area contributed by atoms with E-state index in [1.807, 2.05) is 24.3 Å². The zero-order valence-electron chi connectivity index (χ0n) is 8.83.